The molecule has 2 saturated heterocycles. The van der Waals surface area contributed by atoms with E-state index in [4.69, 9.17) is 10.6 Å². The Morgan fingerprint density at radius 3 is 2.95 bits per heavy atom. The van der Waals surface area contributed by atoms with E-state index in [2.05, 4.69) is 10.3 Å². The van der Waals surface area contributed by atoms with Crippen LogP contribution < -0.4 is 11.3 Å². The summed E-state index contributed by atoms with van der Waals surface area (Å²) in [7, 11) is 0. The van der Waals surface area contributed by atoms with Gasteiger partial charge in [0.15, 0.2) is 0 Å². The maximum absolute atomic E-state index is 12.9. The molecule has 3 N–H and O–H groups in total. The highest BCUT2D eigenvalue weighted by atomic mass is 19.1. The number of hydrogen-bond donors (Lipinski definition) is 2. The van der Waals surface area contributed by atoms with Crippen LogP contribution in [0.1, 0.15) is 18.4 Å². The molecule has 3 unspecified atom stereocenters. The Bertz CT molecular complexity index is 439. The van der Waals surface area contributed by atoms with Crippen molar-refractivity contribution in [3.63, 3.8) is 0 Å². The second-order valence-electron chi connectivity index (χ2n) is 5.77. The van der Waals surface area contributed by atoms with Crippen molar-refractivity contribution in [1.29, 1.82) is 0 Å². The van der Waals surface area contributed by atoms with Crippen molar-refractivity contribution in [2.24, 2.45) is 5.84 Å². The number of ether oxygens (including phenoxy) is 1. The van der Waals surface area contributed by atoms with Crippen molar-refractivity contribution >= 4 is 0 Å². The molecule has 5 heteroatoms. The number of hydrogen-bond acceptors (Lipinski definition) is 4. The molecule has 0 aromatic heterocycles. The first-order valence-corrected chi connectivity index (χ1v) is 7.32. The Morgan fingerprint density at radius 1 is 1.40 bits per heavy atom. The normalized spacial score (nSPS) is 28.3. The van der Waals surface area contributed by atoms with Gasteiger partial charge in [-0.15, -0.1) is 0 Å². The van der Waals surface area contributed by atoms with Gasteiger partial charge in [0.2, 0.25) is 0 Å². The Hall–Kier alpha value is -1.01. The number of nitrogens with one attached hydrogen (secondary N) is 1. The van der Waals surface area contributed by atoms with Gasteiger partial charge in [-0.05, 0) is 43.5 Å². The predicted molar refractivity (Wildman–Crippen MR) is 75.6 cm³/mol. The number of halogens is 1. The van der Waals surface area contributed by atoms with Crippen LogP contribution in [0.2, 0.25) is 0 Å². The van der Waals surface area contributed by atoms with Crippen LogP contribution in [0.15, 0.2) is 24.3 Å². The van der Waals surface area contributed by atoms with Crippen molar-refractivity contribution in [3.8, 4) is 0 Å². The molecule has 0 spiro atoms. The topological polar surface area (TPSA) is 50.5 Å². The molecule has 2 fully saturated rings. The van der Waals surface area contributed by atoms with E-state index in [1.807, 2.05) is 0 Å². The van der Waals surface area contributed by atoms with Crippen molar-refractivity contribution in [3.05, 3.63) is 35.6 Å². The van der Waals surface area contributed by atoms with Gasteiger partial charge in [-0.1, -0.05) is 12.1 Å². The fourth-order valence-electron chi connectivity index (χ4n) is 3.26. The Labute approximate surface area is 119 Å². The average Bonchev–Trinajstić information content (AvgIpc) is 2.94. The maximum Gasteiger partial charge on any atom is 0.123 e. The molecule has 2 aliphatic heterocycles. The minimum absolute atomic E-state index is 0.0574. The van der Waals surface area contributed by atoms with Crippen molar-refractivity contribution in [2.45, 2.75) is 37.5 Å². The van der Waals surface area contributed by atoms with Crippen molar-refractivity contribution < 1.29 is 9.13 Å². The molecule has 0 saturated carbocycles. The minimum Gasteiger partial charge on any atom is -0.374 e. The van der Waals surface area contributed by atoms with Crippen LogP contribution in [0, 0.1) is 5.82 Å². The highest BCUT2D eigenvalue weighted by Crippen LogP contribution is 2.24. The van der Waals surface area contributed by atoms with Crippen LogP contribution in [0.25, 0.3) is 0 Å². The van der Waals surface area contributed by atoms with Gasteiger partial charge in [0.25, 0.3) is 0 Å². The summed E-state index contributed by atoms with van der Waals surface area (Å²) < 4.78 is 18.9. The number of morpholine rings is 1. The molecule has 0 amide bonds. The molecule has 4 nitrogen and oxygen atoms in total. The zero-order chi connectivity index (χ0) is 13.9. The third kappa shape index (κ3) is 3.01. The molecule has 3 atom stereocenters. The van der Waals surface area contributed by atoms with Gasteiger partial charge in [-0.3, -0.25) is 16.2 Å². The van der Waals surface area contributed by atoms with Crippen LogP contribution in [-0.4, -0.2) is 42.8 Å². The highest BCUT2D eigenvalue weighted by Gasteiger charge is 2.35. The first kappa shape index (κ1) is 13.9. The van der Waals surface area contributed by atoms with Gasteiger partial charge in [-0.25, -0.2) is 4.39 Å². The van der Waals surface area contributed by atoms with Gasteiger partial charge in [0.1, 0.15) is 5.82 Å². The highest BCUT2D eigenvalue weighted by molar-refractivity contribution is 5.17. The van der Waals surface area contributed by atoms with E-state index in [-0.39, 0.29) is 18.0 Å². The van der Waals surface area contributed by atoms with Crippen LogP contribution >= 0.6 is 0 Å². The summed E-state index contributed by atoms with van der Waals surface area (Å²) in [5.41, 5.74) is 3.94. The number of fused-ring (bicyclic) bond motifs is 1. The van der Waals surface area contributed by atoms with Gasteiger partial charge < -0.3 is 4.74 Å². The second kappa shape index (κ2) is 6.18. The summed E-state index contributed by atoms with van der Waals surface area (Å²) in [6.07, 6.45) is 3.35. The quantitative estimate of drug-likeness (QED) is 0.639. The monoisotopic (exact) mass is 279 g/mol. The fourth-order valence-corrected chi connectivity index (χ4v) is 3.26. The third-order valence-electron chi connectivity index (χ3n) is 4.45. The lowest BCUT2D eigenvalue weighted by molar-refractivity contribution is -0.0644. The molecule has 0 radical (unpaired) electrons. The van der Waals surface area contributed by atoms with Crippen LogP contribution in [0.3, 0.4) is 0 Å². The molecular weight excluding hydrogens is 257 g/mol. The van der Waals surface area contributed by atoms with Crippen molar-refractivity contribution in [2.75, 3.05) is 19.7 Å². The van der Waals surface area contributed by atoms with Crippen LogP contribution in [-0.2, 0) is 11.2 Å². The molecule has 1 aromatic carbocycles. The lowest BCUT2D eigenvalue weighted by Crippen LogP contribution is -2.56. The summed E-state index contributed by atoms with van der Waals surface area (Å²) in [5.74, 6) is 5.49. The van der Waals surface area contributed by atoms with Gasteiger partial charge in [0.05, 0.1) is 18.8 Å². The standard InChI is InChI=1S/C15H22FN3O/c16-12-5-3-11(4-6-12)8-14(18-17)15-9-19-7-1-2-13(19)10-20-15/h3-6,13-15,18H,1-2,7-10,17H2. The zero-order valence-electron chi connectivity index (χ0n) is 11.6. The van der Waals surface area contributed by atoms with Gasteiger partial charge >= 0.3 is 0 Å². The minimum atomic E-state index is -0.208. The summed E-state index contributed by atoms with van der Waals surface area (Å²) in [6, 6.07) is 7.24. The molecule has 2 aliphatic rings. The van der Waals surface area contributed by atoms with Gasteiger partial charge in [0, 0.05) is 12.6 Å². The smallest absolute Gasteiger partial charge is 0.123 e. The Morgan fingerprint density at radius 2 is 2.20 bits per heavy atom. The lowest BCUT2D eigenvalue weighted by Gasteiger charge is -2.38. The van der Waals surface area contributed by atoms with Crippen LogP contribution in [0.5, 0.6) is 0 Å². The van der Waals surface area contributed by atoms with E-state index in [0.717, 1.165) is 25.1 Å². The first-order chi connectivity index (χ1) is 9.76. The zero-order valence-corrected chi connectivity index (χ0v) is 11.6. The lowest BCUT2D eigenvalue weighted by atomic mass is 10.00. The number of nitrogens with two attached hydrogens (primary N) is 1. The summed E-state index contributed by atoms with van der Waals surface area (Å²) in [4.78, 5) is 2.50. The van der Waals surface area contributed by atoms with Crippen LogP contribution in [0.4, 0.5) is 4.39 Å². The Kier molecular flexibility index (Phi) is 4.31. The number of benzene rings is 1. The van der Waals surface area contributed by atoms with E-state index < -0.39 is 0 Å². The molecule has 0 aliphatic carbocycles. The summed E-state index contributed by atoms with van der Waals surface area (Å²) in [5, 5.41) is 0. The maximum atomic E-state index is 12.9. The molecule has 20 heavy (non-hydrogen) atoms. The number of rotatable bonds is 4. The number of hydrazine groups is 1. The SMILES string of the molecule is NNC(Cc1ccc(F)cc1)C1CN2CCCC2CO1. The first-order valence-electron chi connectivity index (χ1n) is 7.32. The van der Waals surface area contributed by atoms with E-state index in [9.17, 15) is 4.39 Å². The average molecular weight is 279 g/mol. The van der Waals surface area contributed by atoms with E-state index in [1.165, 1.54) is 31.5 Å². The fraction of sp³-hybridized carbons (Fsp3) is 0.600. The molecule has 1 aromatic rings. The largest absolute Gasteiger partial charge is 0.374 e. The molecular formula is C15H22FN3O. The number of nitrogens with zero attached hydrogens (tertiary/aromatic N) is 1. The van der Waals surface area contributed by atoms with E-state index in [0.29, 0.717) is 6.04 Å². The summed E-state index contributed by atoms with van der Waals surface area (Å²) >= 11 is 0. The second-order valence-corrected chi connectivity index (χ2v) is 5.77. The van der Waals surface area contributed by atoms with Crippen molar-refractivity contribution in [1.82, 2.24) is 10.3 Å². The molecule has 110 valence electrons. The van der Waals surface area contributed by atoms with E-state index in [1.54, 1.807) is 12.1 Å². The summed E-state index contributed by atoms with van der Waals surface area (Å²) in [6.45, 7) is 2.89. The third-order valence-corrected chi connectivity index (χ3v) is 4.45. The van der Waals surface area contributed by atoms with E-state index >= 15 is 0 Å². The van der Waals surface area contributed by atoms with Gasteiger partial charge in [-0.2, -0.15) is 0 Å². The molecule has 2 heterocycles. The molecule has 0 bridgehead atoms. The Balaban J connectivity index is 1.62. The predicted octanol–water partition coefficient (Wildman–Crippen LogP) is 1.06. The molecule has 3 rings (SSSR count).